The molecule has 0 saturated heterocycles. The second-order valence-electron chi connectivity index (χ2n) is 5.02. The molecule has 3 heteroatoms. The van der Waals surface area contributed by atoms with Crippen molar-refractivity contribution in [2.75, 3.05) is 0 Å². The molecular weight excluding hydrogens is 262 g/mol. The monoisotopic (exact) mass is 281 g/mol. The summed E-state index contributed by atoms with van der Waals surface area (Å²) in [5, 5.41) is 3.01. The number of ketones is 1. The SMILES string of the molecule is CC(=O)CCC(=O)NC(c1ccccc1)c1ccccc1. The zero-order valence-corrected chi connectivity index (χ0v) is 12.1. The first-order valence-electron chi connectivity index (χ1n) is 7.05. The Morgan fingerprint density at radius 2 is 1.33 bits per heavy atom. The second-order valence-corrected chi connectivity index (χ2v) is 5.02. The topological polar surface area (TPSA) is 46.2 Å². The maximum atomic E-state index is 12.0. The number of amides is 1. The molecule has 0 atom stereocenters. The Morgan fingerprint density at radius 1 is 0.857 bits per heavy atom. The number of Topliss-reactive ketones (excluding diaryl/α,β-unsaturated/α-hetero) is 1. The molecule has 0 fully saturated rings. The molecule has 1 amide bonds. The molecule has 0 radical (unpaired) electrons. The Labute approximate surface area is 125 Å². The third kappa shape index (κ3) is 4.56. The van der Waals surface area contributed by atoms with Gasteiger partial charge in [0.25, 0.3) is 0 Å². The van der Waals surface area contributed by atoms with Gasteiger partial charge in [0.1, 0.15) is 5.78 Å². The molecule has 3 nitrogen and oxygen atoms in total. The van der Waals surface area contributed by atoms with Crippen molar-refractivity contribution in [3.63, 3.8) is 0 Å². The van der Waals surface area contributed by atoms with Crippen LogP contribution >= 0.6 is 0 Å². The highest BCUT2D eigenvalue weighted by molar-refractivity contribution is 5.84. The Hall–Kier alpha value is -2.42. The largest absolute Gasteiger partial charge is 0.345 e. The third-order valence-electron chi connectivity index (χ3n) is 3.28. The van der Waals surface area contributed by atoms with Crippen LogP contribution in [-0.4, -0.2) is 11.7 Å². The van der Waals surface area contributed by atoms with Crippen LogP contribution in [0.1, 0.15) is 36.9 Å². The van der Waals surface area contributed by atoms with Crippen LogP contribution in [0.15, 0.2) is 60.7 Å². The van der Waals surface area contributed by atoms with E-state index < -0.39 is 0 Å². The molecule has 0 bridgehead atoms. The summed E-state index contributed by atoms with van der Waals surface area (Å²) in [6, 6.07) is 19.5. The van der Waals surface area contributed by atoms with Crippen LogP contribution in [0.5, 0.6) is 0 Å². The van der Waals surface area contributed by atoms with Crippen molar-refractivity contribution in [3.05, 3.63) is 71.8 Å². The number of benzene rings is 2. The molecule has 108 valence electrons. The van der Waals surface area contributed by atoms with E-state index in [-0.39, 0.29) is 30.6 Å². The van der Waals surface area contributed by atoms with Crippen LogP contribution in [0.4, 0.5) is 0 Å². The van der Waals surface area contributed by atoms with Gasteiger partial charge in [-0.25, -0.2) is 0 Å². The van der Waals surface area contributed by atoms with E-state index in [0.717, 1.165) is 11.1 Å². The number of carbonyl (C=O) groups excluding carboxylic acids is 2. The quantitative estimate of drug-likeness (QED) is 0.883. The third-order valence-corrected chi connectivity index (χ3v) is 3.28. The predicted octanol–water partition coefficient (Wildman–Crippen LogP) is 3.26. The summed E-state index contributed by atoms with van der Waals surface area (Å²) >= 11 is 0. The molecule has 0 heterocycles. The Bertz CT molecular complexity index is 554. The summed E-state index contributed by atoms with van der Waals surface area (Å²) in [7, 11) is 0. The van der Waals surface area contributed by atoms with Crippen LogP contribution in [0.2, 0.25) is 0 Å². The van der Waals surface area contributed by atoms with Crippen molar-refractivity contribution in [2.45, 2.75) is 25.8 Å². The standard InChI is InChI=1S/C18H19NO2/c1-14(20)12-13-17(21)19-18(15-8-4-2-5-9-15)16-10-6-3-7-11-16/h2-11,18H,12-13H2,1H3,(H,19,21). The van der Waals surface area contributed by atoms with Gasteiger partial charge in [-0.2, -0.15) is 0 Å². The molecule has 21 heavy (non-hydrogen) atoms. The van der Waals surface area contributed by atoms with Gasteiger partial charge in [0.15, 0.2) is 0 Å². The zero-order chi connectivity index (χ0) is 15.1. The second kappa shape index (κ2) is 7.39. The molecule has 0 unspecified atom stereocenters. The van der Waals surface area contributed by atoms with E-state index in [0.29, 0.717) is 0 Å². The molecule has 0 aliphatic rings. The van der Waals surface area contributed by atoms with Crippen LogP contribution in [0.25, 0.3) is 0 Å². The molecule has 1 N–H and O–H groups in total. The van der Waals surface area contributed by atoms with Crippen molar-refractivity contribution < 1.29 is 9.59 Å². The van der Waals surface area contributed by atoms with Gasteiger partial charge >= 0.3 is 0 Å². The summed E-state index contributed by atoms with van der Waals surface area (Å²) in [4.78, 5) is 23.0. The number of hydrogen-bond donors (Lipinski definition) is 1. The lowest BCUT2D eigenvalue weighted by atomic mass is 9.98. The van der Waals surface area contributed by atoms with E-state index in [1.807, 2.05) is 60.7 Å². The van der Waals surface area contributed by atoms with Gasteiger partial charge in [-0.3, -0.25) is 4.79 Å². The summed E-state index contributed by atoms with van der Waals surface area (Å²) < 4.78 is 0. The Morgan fingerprint density at radius 3 is 1.76 bits per heavy atom. The van der Waals surface area contributed by atoms with Gasteiger partial charge in [-0.05, 0) is 18.1 Å². The molecular formula is C18H19NO2. The zero-order valence-electron chi connectivity index (χ0n) is 12.1. The summed E-state index contributed by atoms with van der Waals surface area (Å²) in [5.74, 6) is -0.0796. The van der Waals surface area contributed by atoms with E-state index in [4.69, 9.17) is 0 Å². The maximum Gasteiger partial charge on any atom is 0.221 e. The van der Waals surface area contributed by atoms with Gasteiger partial charge in [0.2, 0.25) is 5.91 Å². The lowest BCUT2D eigenvalue weighted by Gasteiger charge is -2.19. The molecule has 0 aliphatic carbocycles. The average molecular weight is 281 g/mol. The number of nitrogens with one attached hydrogen (secondary N) is 1. The smallest absolute Gasteiger partial charge is 0.221 e. The van der Waals surface area contributed by atoms with E-state index in [1.165, 1.54) is 6.92 Å². The molecule has 0 aliphatic heterocycles. The highest BCUT2D eigenvalue weighted by Gasteiger charge is 2.16. The van der Waals surface area contributed by atoms with E-state index in [1.54, 1.807) is 0 Å². The van der Waals surface area contributed by atoms with Crippen LogP contribution in [0, 0.1) is 0 Å². The molecule has 2 aromatic rings. The fourth-order valence-corrected chi connectivity index (χ4v) is 2.17. The van der Waals surface area contributed by atoms with Crippen molar-refractivity contribution in [1.82, 2.24) is 5.32 Å². The van der Waals surface area contributed by atoms with Gasteiger partial charge in [-0.1, -0.05) is 60.7 Å². The van der Waals surface area contributed by atoms with E-state index in [9.17, 15) is 9.59 Å². The summed E-state index contributed by atoms with van der Waals surface area (Å²) in [5.41, 5.74) is 2.06. The first-order valence-corrected chi connectivity index (χ1v) is 7.05. The van der Waals surface area contributed by atoms with Crippen LogP contribution < -0.4 is 5.32 Å². The Balaban J connectivity index is 2.17. The fourth-order valence-electron chi connectivity index (χ4n) is 2.17. The number of rotatable bonds is 6. The highest BCUT2D eigenvalue weighted by Crippen LogP contribution is 2.21. The number of carbonyl (C=O) groups is 2. The fraction of sp³-hybridized carbons (Fsp3) is 0.222. The normalized spacial score (nSPS) is 10.4. The van der Waals surface area contributed by atoms with Gasteiger partial charge in [-0.15, -0.1) is 0 Å². The van der Waals surface area contributed by atoms with Gasteiger partial charge in [0, 0.05) is 12.8 Å². The first-order chi connectivity index (χ1) is 10.2. The average Bonchev–Trinajstić information content (AvgIpc) is 2.52. The predicted molar refractivity (Wildman–Crippen MR) is 82.8 cm³/mol. The van der Waals surface area contributed by atoms with Gasteiger partial charge in [0.05, 0.1) is 6.04 Å². The van der Waals surface area contributed by atoms with Crippen LogP contribution in [0.3, 0.4) is 0 Å². The molecule has 2 aromatic carbocycles. The highest BCUT2D eigenvalue weighted by atomic mass is 16.2. The minimum absolute atomic E-state index is 0.0288. The van der Waals surface area contributed by atoms with E-state index in [2.05, 4.69) is 5.32 Å². The van der Waals surface area contributed by atoms with Crippen molar-refractivity contribution in [3.8, 4) is 0 Å². The van der Waals surface area contributed by atoms with Crippen molar-refractivity contribution in [1.29, 1.82) is 0 Å². The molecule has 0 spiro atoms. The van der Waals surface area contributed by atoms with Crippen LogP contribution in [-0.2, 0) is 9.59 Å². The lowest BCUT2D eigenvalue weighted by molar-refractivity contribution is -0.125. The first kappa shape index (κ1) is 15.0. The summed E-state index contributed by atoms with van der Waals surface area (Å²) in [6.07, 6.45) is 0.508. The molecule has 0 saturated carbocycles. The molecule has 2 rings (SSSR count). The van der Waals surface area contributed by atoms with Crippen molar-refractivity contribution in [2.24, 2.45) is 0 Å². The Kier molecular flexibility index (Phi) is 5.27. The minimum Gasteiger partial charge on any atom is -0.345 e. The summed E-state index contributed by atoms with van der Waals surface area (Å²) in [6.45, 7) is 1.50. The van der Waals surface area contributed by atoms with E-state index >= 15 is 0 Å². The lowest BCUT2D eigenvalue weighted by Crippen LogP contribution is -2.29. The number of hydrogen-bond acceptors (Lipinski definition) is 2. The minimum atomic E-state index is -0.188. The maximum absolute atomic E-state index is 12.0. The van der Waals surface area contributed by atoms with Crippen molar-refractivity contribution >= 4 is 11.7 Å². The molecule has 0 aromatic heterocycles. The van der Waals surface area contributed by atoms with Gasteiger partial charge < -0.3 is 10.1 Å².